The van der Waals surface area contributed by atoms with Crippen LogP contribution in [0.2, 0.25) is 5.02 Å². The van der Waals surface area contributed by atoms with Crippen molar-refractivity contribution < 1.29 is 14.3 Å². The van der Waals surface area contributed by atoms with E-state index in [1.165, 1.54) is 7.11 Å². The number of nitrogens with zero attached hydrogens (tertiary/aromatic N) is 1. The van der Waals surface area contributed by atoms with E-state index in [-0.39, 0.29) is 17.8 Å². The highest BCUT2D eigenvalue weighted by Gasteiger charge is 2.31. The summed E-state index contributed by atoms with van der Waals surface area (Å²) in [7, 11) is 1.37. The van der Waals surface area contributed by atoms with Gasteiger partial charge in [-0.05, 0) is 24.1 Å². The minimum Gasteiger partial charge on any atom is -0.469 e. The Morgan fingerprint density at radius 3 is 2.95 bits per heavy atom. The van der Waals surface area contributed by atoms with E-state index < -0.39 is 0 Å². The quantitative estimate of drug-likeness (QED) is 0.795. The molecule has 1 aromatic rings. The summed E-state index contributed by atoms with van der Waals surface area (Å²) in [6, 6.07) is 7.26. The molecule has 1 aliphatic heterocycles. The van der Waals surface area contributed by atoms with Gasteiger partial charge < -0.3 is 9.64 Å². The molecular weight excluding hydrogens is 266 g/mol. The molecule has 19 heavy (non-hydrogen) atoms. The van der Waals surface area contributed by atoms with Gasteiger partial charge in [-0.1, -0.05) is 23.7 Å². The first-order chi connectivity index (χ1) is 9.10. The molecule has 1 amide bonds. The van der Waals surface area contributed by atoms with Crippen LogP contribution in [0, 0.1) is 5.92 Å². The molecule has 0 bridgehead atoms. The molecule has 1 aromatic carbocycles. The van der Waals surface area contributed by atoms with Gasteiger partial charge in [0.05, 0.1) is 19.4 Å². The first kappa shape index (κ1) is 13.9. The van der Waals surface area contributed by atoms with Crippen LogP contribution >= 0.6 is 11.6 Å². The van der Waals surface area contributed by atoms with Crippen LogP contribution in [0.4, 0.5) is 0 Å². The predicted octanol–water partition coefficient (Wildman–Crippen LogP) is 1.90. The maximum atomic E-state index is 12.1. The molecule has 102 valence electrons. The van der Waals surface area contributed by atoms with E-state index in [1.807, 2.05) is 12.1 Å². The van der Waals surface area contributed by atoms with E-state index in [2.05, 4.69) is 0 Å². The Balaban J connectivity index is 1.93. The number of hydrogen-bond donors (Lipinski definition) is 0. The molecule has 0 spiro atoms. The third kappa shape index (κ3) is 3.47. The van der Waals surface area contributed by atoms with Gasteiger partial charge in [0.1, 0.15) is 0 Å². The van der Waals surface area contributed by atoms with Gasteiger partial charge in [-0.25, -0.2) is 0 Å². The number of likely N-dealkylation sites (tertiary alicyclic amines) is 1. The van der Waals surface area contributed by atoms with Crippen molar-refractivity contribution >= 4 is 23.5 Å². The fraction of sp³-hybridized carbons (Fsp3) is 0.429. The first-order valence-electron chi connectivity index (χ1n) is 6.20. The largest absolute Gasteiger partial charge is 0.469 e. The standard InChI is InChI=1S/C14H16ClNO3/c1-19-14(18)11-5-6-16(9-11)13(17)8-10-3-2-4-12(15)7-10/h2-4,7,11H,5-6,8-9H2,1H3. The Morgan fingerprint density at radius 1 is 1.47 bits per heavy atom. The lowest BCUT2D eigenvalue weighted by Crippen LogP contribution is -2.31. The SMILES string of the molecule is COC(=O)C1CCN(C(=O)Cc2cccc(Cl)c2)C1. The van der Waals surface area contributed by atoms with Crippen molar-refractivity contribution in [1.82, 2.24) is 4.90 Å². The number of hydrogen-bond acceptors (Lipinski definition) is 3. The average molecular weight is 282 g/mol. The first-order valence-corrected chi connectivity index (χ1v) is 6.58. The number of ether oxygens (including phenoxy) is 1. The van der Waals surface area contributed by atoms with Crippen LogP contribution in [-0.4, -0.2) is 37.0 Å². The van der Waals surface area contributed by atoms with Crippen molar-refractivity contribution in [2.24, 2.45) is 5.92 Å². The van der Waals surface area contributed by atoms with Gasteiger partial charge >= 0.3 is 5.97 Å². The summed E-state index contributed by atoms with van der Waals surface area (Å²) in [5.41, 5.74) is 0.888. The Hall–Kier alpha value is -1.55. The Morgan fingerprint density at radius 2 is 2.26 bits per heavy atom. The molecule has 1 fully saturated rings. The normalized spacial score (nSPS) is 18.4. The second-order valence-corrected chi connectivity index (χ2v) is 5.09. The van der Waals surface area contributed by atoms with Crippen LogP contribution < -0.4 is 0 Å². The molecule has 5 heteroatoms. The molecule has 4 nitrogen and oxygen atoms in total. The molecule has 0 saturated carbocycles. The molecule has 0 aliphatic carbocycles. The summed E-state index contributed by atoms with van der Waals surface area (Å²) in [6.45, 7) is 1.06. The number of rotatable bonds is 3. The van der Waals surface area contributed by atoms with Crippen molar-refractivity contribution in [2.75, 3.05) is 20.2 Å². The van der Waals surface area contributed by atoms with E-state index in [4.69, 9.17) is 16.3 Å². The van der Waals surface area contributed by atoms with E-state index >= 15 is 0 Å². The summed E-state index contributed by atoms with van der Waals surface area (Å²) < 4.78 is 4.70. The van der Waals surface area contributed by atoms with Crippen molar-refractivity contribution in [3.63, 3.8) is 0 Å². The number of esters is 1. The maximum absolute atomic E-state index is 12.1. The lowest BCUT2D eigenvalue weighted by atomic mass is 10.1. The second-order valence-electron chi connectivity index (χ2n) is 4.66. The molecule has 0 radical (unpaired) electrons. The topological polar surface area (TPSA) is 46.6 Å². The summed E-state index contributed by atoms with van der Waals surface area (Å²) >= 11 is 5.89. The summed E-state index contributed by atoms with van der Waals surface area (Å²) in [5, 5.41) is 0.624. The zero-order valence-corrected chi connectivity index (χ0v) is 11.5. The van der Waals surface area contributed by atoms with Crippen molar-refractivity contribution in [3.05, 3.63) is 34.9 Å². The Labute approximate surface area is 117 Å². The summed E-state index contributed by atoms with van der Waals surface area (Å²) in [5.74, 6) is -0.403. The molecule has 2 rings (SSSR count). The van der Waals surface area contributed by atoms with Gasteiger partial charge in [0.15, 0.2) is 0 Å². The molecule has 1 heterocycles. The van der Waals surface area contributed by atoms with Crippen LogP contribution in [0.25, 0.3) is 0 Å². The molecule has 1 saturated heterocycles. The third-order valence-corrected chi connectivity index (χ3v) is 3.55. The van der Waals surface area contributed by atoms with Crippen LogP contribution in [0.3, 0.4) is 0 Å². The molecule has 0 aromatic heterocycles. The van der Waals surface area contributed by atoms with E-state index in [1.54, 1.807) is 17.0 Å². The van der Waals surface area contributed by atoms with Crippen LogP contribution in [0.5, 0.6) is 0 Å². The van der Waals surface area contributed by atoms with Crippen molar-refractivity contribution in [2.45, 2.75) is 12.8 Å². The van der Waals surface area contributed by atoms with Crippen LogP contribution in [-0.2, 0) is 20.7 Å². The zero-order valence-electron chi connectivity index (χ0n) is 10.8. The highest BCUT2D eigenvalue weighted by molar-refractivity contribution is 6.30. The zero-order chi connectivity index (χ0) is 13.8. The fourth-order valence-electron chi connectivity index (χ4n) is 2.28. The van der Waals surface area contributed by atoms with Gasteiger partial charge in [-0.3, -0.25) is 9.59 Å². The summed E-state index contributed by atoms with van der Waals surface area (Å²) in [4.78, 5) is 25.2. The van der Waals surface area contributed by atoms with Gasteiger partial charge in [-0.2, -0.15) is 0 Å². The lowest BCUT2D eigenvalue weighted by molar-refractivity contribution is -0.145. The van der Waals surface area contributed by atoms with E-state index in [9.17, 15) is 9.59 Å². The van der Waals surface area contributed by atoms with Gasteiger partial charge in [0.25, 0.3) is 0 Å². The number of halogens is 1. The number of methoxy groups -OCH3 is 1. The number of carbonyl (C=O) groups excluding carboxylic acids is 2. The summed E-state index contributed by atoms with van der Waals surface area (Å²) in [6.07, 6.45) is 0.989. The van der Waals surface area contributed by atoms with Crippen molar-refractivity contribution in [3.8, 4) is 0 Å². The molecule has 1 unspecified atom stereocenters. The van der Waals surface area contributed by atoms with E-state index in [0.29, 0.717) is 31.0 Å². The number of carbonyl (C=O) groups is 2. The molecule has 1 atom stereocenters. The fourth-order valence-corrected chi connectivity index (χ4v) is 2.49. The molecule has 1 aliphatic rings. The Bertz CT molecular complexity index is 489. The van der Waals surface area contributed by atoms with Gasteiger partial charge in [-0.15, -0.1) is 0 Å². The van der Waals surface area contributed by atoms with E-state index in [0.717, 1.165) is 5.56 Å². The number of benzene rings is 1. The maximum Gasteiger partial charge on any atom is 0.310 e. The third-order valence-electron chi connectivity index (χ3n) is 3.32. The van der Waals surface area contributed by atoms with Gasteiger partial charge in [0.2, 0.25) is 5.91 Å². The highest BCUT2D eigenvalue weighted by Crippen LogP contribution is 2.19. The molecular formula is C14H16ClNO3. The smallest absolute Gasteiger partial charge is 0.310 e. The van der Waals surface area contributed by atoms with Crippen molar-refractivity contribution in [1.29, 1.82) is 0 Å². The monoisotopic (exact) mass is 281 g/mol. The minimum absolute atomic E-state index is 0.0219. The number of amides is 1. The Kier molecular flexibility index (Phi) is 4.43. The predicted molar refractivity (Wildman–Crippen MR) is 71.9 cm³/mol. The van der Waals surface area contributed by atoms with Crippen LogP contribution in [0.15, 0.2) is 24.3 Å². The van der Waals surface area contributed by atoms with Gasteiger partial charge in [0, 0.05) is 18.1 Å². The average Bonchev–Trinajstić information content (AvgIpc) is 2.87. The molecule has 0 N–H and O–H groups in total. The van der Waals surface area contributed by atoms with Crippen LogP contribution in [0.1, 0.15) is 12.0 Å². The highest BCUT2D eigenvalue weighted by atomic mass is 35.5. The lowest BCUT2D eigenvalue weighted by Gasteiger charge is -2.16. The second kappa shape index (κ2) is 6.06. The minimum atomic E-state index is -0.238.